The van der Waals surface area contributed by atoms with E-state index >= 15 is 0 Å². The first-order valence-electron chi connectivity index (χ1n) is 13.6. The number of aromatic nitrogens is 4. The minimum atomic E-state index is -3.91. The molecule has 4 heterocycles. The number of benzene rings is 2. The van der Waals surface area contributed by atoms with Crippen LogP contribution in [0.4, 0.5) is 11.4 Å². The normalized spacial score (nSPS) is 16.6. The number of rotatable bonds is 8. The van der Waals surface area contributed by atoms with E-state index in [0.717, 1.165) is 43.7 Å². The minimum Gasteiger partial charge on any atom is -0.506 e. The van der Waals surface area contributed by atoms with Crippen molar-refractivity contribution in [2.45, 2.75) is 25.7 Å². The average molecular weight is 659 g/mol. The second-order valence-corrected chi connectivity index (χ2v) is 13.5. The lowest BCUT2D eigenvalue weighted by atomic mass is 10.1. The summed E-state index contributed by atoms with van der Waals surface area (Å²) in [6.07, 6.45) is 10.1. The van der Waals surface area contributed by atoms with Gasteiger partial charge in [0.1, 0.15) is 24.6 Å². The maximum absolute atomic E-state index is 11.8. The summed E-state index contributed by atoms with van der Waals surface area (Å²) in [7, 11) is -5.98. The fourth-order valence-corrected chi connectivity index (χ4v) is 7.11. The van der Waals surface area contributed by atoms with Gasteiger partial charge in [-0.1, -0.05) is 12.1 Å². The van der Waals surface area contributed by atoms with E-state index < -0.39 is 32.2 Å². The molecule has 0 radical (unpaired) electrons. The zero-order valence-electron chi connectivity index (χ0n) is 23.9. The number of phenolic OH excluding ortho intramolecular Hbond substituents is 2. The van der Waals surface area contributed by atoms with Crippen LogP contribution in [0.1, 0.15) is 22.3 Å². The van der Waals surface area contributed by atoms with E-state index in [0.29, 0.717) is 12.8 Å². The van der Waals surface area contributed by atoms with E-state index in [4.69, 9.17) is 0 Å². The SMILES string of the molecule is Cn1cc(CCc2ccc(N3CC(=O)NS3(=O)=O)c(O)c2)cn1.O=C1CN(c2ccc(CCc3cn[nH]c3)cc2O)S(=O)(=O)N1. The Balaban J connectivity index is 0.000000178. The first-order valence-corrected chi connectivity index (χ1v) is 16.4. The Bertz CT molecular complexity index is 1940. The number of hydrogen-bond donors (Lipinski definition) is 5. The number of nitrogens with one attached hydrogen (secondary N) is 3. The number of aromatic amines is 1. The highest BCUT2D eigenvalue weighted by atomic mass is 32.2. The molecule has 2 aromatic heterocycles. The number of phenols is 2. The smallest absolute Gasteiger partial charge is 0.326 e. The highest BCUT2D eigenvalue weighted by molar-refractivity contribution is 7.92. The summed E-state index contributed by atoms with van der Waals surface area (Å²) >= 11 is 0. The molecule has 238 valence electrons. The minimum absolute atomic E-state index is 0.0883. The lowest BCUT2D eigenvalue weighted by Gasteiger charge is -2.16. The lowest BCUT2D eigenvalue weighted by Crippen LogP contribution is -2.29. The number of aryl methyl sites for hydroxylation is 5. The van der Waals surface area contributed by atoms with E-state index in [1.54, 1.807) is 35.4 Å². The van der Waals surface area contributed by atoms with Gasteiger partial charge in [-0.15, -0.1) is 0 Å². The van der Waals surface area contributed by atoms with Crippen molar-refractivity contribution in [2.24, 2.45) is 7.05 Å². The van der Waals surface area contributed by atoms with Crippen LogP contribution in [0, 0.1) is 0 Å². The third-order valence-electron chi connectivity index (χ3n) is 6.98. The number of H-pyrrole nitrogens is 1. The molecule has 2 aliphatic rings. The third kappa shape index (κ3) is 7.35. The van der Waals surface area contributed by atoms with Gasteiger partial charge >= 0.3 is 20.4 Å². The molecule has 0 saturated carbocycles. The maximum Gasteiger partial charge on any atom is 0.326 e. The molecule has 2 aromatic carbocycles. The van der Waals surface area contributed by atoms with Crippen molar-refractivity contribution < 1.29 is 36.6 Å². The van der Waals surface area contributed by atoms with Crippen molar-refractivity contribution in [1.29, 1.82) is 0 Å². The summed E-state index contributed by atoms with van der Waals surface area (Å²) in [5.74, 6) is -1.59. The quantitative estimate of drug-likeness (QED) is 0.173. The molecule has 16 nitrogen and oxygen atoms in total. The lowest BCUT2D eigenvalue weighted by molar-refractivity contribution is -0.118. The number of carbonyl (C=O) groups excluding carboxylic acids is 2. The van der Waals surface area contributed by atoms with Crippen LogP contribution >= 0.6 is 0 Å². The van der Waals surface area contributed by atoms with E-state index in [9.17, 15) is 36.6 Å². The zero-order chi connectivity index (χ0) is 32.4. The van der Waals surface area contributed by atoms with Crippen LogP contribution in [0.2, 0.25) is 0 Å². The fraction of sp³-hybridized carbons (Fsp3) is 0.259. The molecule has 45 heavy (non-hydrogen) atoms. The number of amides is 2. The van der Waals surface area contributed by atoms with Gasteiger partial charge < -0.3 is 10.2 Å². The zero-order valence-corrected chi connectivity index (χ0v) is 25.5. The molecule has 2 fully saturated rings. The number of anilines is 2. The summed E-state index contributed by atoms with van der Waals surface area (Å²) < 4.78 is 54.3. The number of hydrogen-bond acceptors (Lipinski definition) is 10. The highest BCUT2D eigenvalue weighted by Gasteiger charge is 2.36. The Morgan fingerprint density at radius 3 is 1.60 bits per heavy atom. The Kier molecular flexibility index (Phi) is 8.69. The van der Waals surface area contributed by atoms with Gasteiger partial charge in [0.25, 0.3) is 11.8 Å². The molecule has 0 bridgehead atoms. The van der Waals surface area contributed by atoms with Crippen LogP contribution in [-0.2, 0) is 62.7 Å². The van der Waals surface area contributed by atoms with Crippen molar-refractivity contribution in [2.75, 3.05) is 21.7 Å². The van der Waals surface area contributed by atoms with Crippen LogP contribution in [0.25, 0.3) is 0 Å². The molecule has 0 aliphatic carbocycles. The summed E-state index contributed by atoms with van der Waals surface area (Å²) in [4.78, 5) is 22.5. The monoisotopic (exact) mass is 658 g/mol. The molecular formula is C27H30N8O8S2. The number of nitrogens with zero attached hydrogens (tertiary/aromatic N) is 5. The van der Waals surface area contributed by atoms with Gasteiger partial charge in [0.2, 0.25) is 0 Å². The summed E-state index contributed by atoms with van der Waals surface area (Å²) in [6, 6.07) is 9.50. The van der Waals surface area contributed by atoms with Crippen LogP contribution in [-0.4, -0.2) is 71.9 Å². The second kappa shape index (κ2) is 12.5. The van der Waals surface area contributed by atoms with Gasteiger partial charge in [-0.25, -0.2) is 18.1 Å². The van der Waals surface area contributed by atoms with Crippen molar-refractivity contribution in [1.82, 2.24) is 29.4 Å². The van der Waals surface area contributed by atoms with Gasteiger partial charge in [0.15, 0.2) is 0 Å². The second-order valence-electron chi connectivity index (χ2n) is 10.3. The third-order valence-corrected chi connectivity index (χ3v) is 9.76. The molecule has 5 N–H and O–H groups in total. The molecule has 0 spiro atoms. The van der Waals surface area contributed by atoms with E-state index in [1.165, 1.54) is 24.3 Å². The van der Waals surface area contributed by atoms with Crippen LogP contribution in [0.3, 0.4) is 0 Å². The van der Waals surface area contributed by atoms with Crippen LogP contribution in [0.15, 0.2) is 61.2 Å². The fourth-order valence-electron chi connectivity index (χ4n) is 4.79. The van der Waals surface area contributed by atoms with E-state index in [2.05, 4.69) is 15.3 Å². The summed E-state index contributed by atoms with van der Waals surface area (Å²) in [6.45, 7) is -0.658. The van der Waals surface area contributed by atoms with Gasteiger partial charge in [-0.3, -0.25) is 19.4 Å². The standard InChI is InChI=1S/C14H16N4O4S.C13H14N4O4S/c1-17-8-11(7-15-17)3-2-10-4-5-12(13(19)6-10)18-9-14(20)16-23(18,21)22;18-12-5-9(1-2-10-6-14-15-7-10)3-4-11(12)17-8-13(19)16-22(17,20)21/h4-8,19H,2-3,9H2,1H3,(H,16,20);3-7,18H,1-2,8H2,(H,14,15)(H,16,19). The molecule has 6 rings (SSSR count). The van der Waals surface area contributed by atoms with E-state index in [-0.39, 0.29) is 36.0 Å². The number of aromatic hydroxyl groups is 2. The summed E-state index contributed by atoms with van der Waals surface area (Å²) in [5.41, 5.74) is 4.02. The predicted molar refractivity (Wildman–Crippen MR) is 162 cm³/mol. The molecule has 0 unspecified atom stereocenters. The molecule has 2 saturated heterocycles. The number of carbonyl (C=O) groups is 2. The van der Waals surface area contributed by atoms with Crippen molar-refractivity contribution in [3.05, 3.63) is 83.4 Å². The Hall–Kier alpha value is -5.10. The Labute approximate surface area is 258 Å². The topological polar surface area (TPSA) is 220 Å². The first kappa shape index (κ1) is 31.3. The molecule has 0 atom stereocenters. The largest absolute Gasteiger partial charge is 0.506 e. The van der Waals surface area contributed by atoms with Crippen molar-refractivity contribution in [3.63, 3.8) is 0 Å². The molecule has 4 aromatic rings. The first-order chi connectivity index (χ1) is 21.3. The van der Waals surface area contributed by atoms with Gasteiger partial charge in [-0.2, -0.15) is 27.0 Å². The van der Waals surface area contributed by atoms with Gasteiger partial charge in [-0.05, 0) is 72.2 Å². The van der Waals surface area contributed by atoms with Crippen LogP contribution < -0.4 is 18.1 Å². The Morgan fingerprint density at radius 1 is 0.733 bits per heavy atom. The molecule has 2 amide bonds. The van der Waals surface area contributed by atoms with Crippen molar-refractivity contribution in [3.8, 4) is 11.5 Å². The molecule has 2 aliphatic heterocycles. The van der Waals surface area contributed by atoms with Crippen LogP contribution in [0.5, 0.6) is 11.5 Å². The maximum atomic E-state index is 11.8. The van der Waals surface area contributed by atoms with Gasteiger partial charge in [0, 0.05) is 19.4 Å². The average Bonchev–Trinajstić information content (AvgIpc) is 3.74. The molecule has 18 heteroatoms. The highest BCUT2D eigenvalue weighted by Crippen LogP contribution is 2.32. The predicted octanol–water partition coefficient (Wildman–Crippen LogP) is 0.173. The summed E-state index contributed by atoms with van der Waals surface area (Å²) in [5, 5.41) is 30.8. The van der Waals surface area contributed by atoms with Crippen molar-refractivity contribution >= 4 is 43.6 Å². The molecular weight excluding hydrogens is 628 g/mol. The Morgan fingerprint density at radius 2 is 1.22 bits per heavy atom. The van der Waals surface area contributed by atoms with E-state index in [1.807, 2.05) is 22.7 Å². The van der Waals surface area contributed by atoms with Gasteiger partial charge in [0.05, 0.1) is 23.8 Å².